The number of carbonyl (C=O) groups excluding carboxylic acids is 2. The number of nitrogens with zero attached hydrogens (tertiary/aromatic N) is 1. The highest BCUT2D eigenvalue weighted by Crippen LogP contribution is 2.28. The van der Waals surface area contributed by atoms with Crippen molar-refractivity contribution in [2.45, 2.75) is 25.9 Å². The average molecular weight is 317 g/mol. The SMILES string of the molecule is CC(=O)N1CCCC(CNC(=O)c2c[nH]c(C(F)(F)F)c2)C1. The van der Waals surface area contributed by atoms with Crippen LogP contribution >= 0.6 is 0 Å². The van der Waals surface area contributed by atoms with E-state index in [1.807, 2.05) is 4.98 Å². The summed E-state index contributed by atoms with van der Waals surface area (Å²) in [6, 6.07) is 0.790. The van der Waals surface area contributed by atoms with Crippen molar-refractivity contribution >= 4 is 11.8 Å². The number of H-pyrrole nitrogens is 1. The summed E-state index contributed by atoms with van der Waals surface area (Å²) in [5, 5.41) is 2.63. The van der Waals surface area contributed by atoms with Gasteiger partial charge in [0.2, 0.25) is 5.91 Å². The number of hydrogen-bond donors (Lipinski definition) is 2. The van der Waals surface area contributed by atoms with Crippen molar-refractivity contribution in [3.8, 4) is 0 Å². The van der Waals surface area contributed by atoms with Gasteiger partial charge in [-0.25, -0.2) is 0 Å². The predicted octanol–water partition coefficient (Wildman–Crippen LogP) is 2.02. The van der Waals surface area contributed by atoms with Gasteiger partial charge < -0.3 is 15.2 Å². The van der Waals surface area contributed by atoms with Gasteiger partial charge in [0.1, 0.15) is 5.69 Å². The van der Waals surface area contributed by atoms with E-state index in [1.165, 1.54) is 6.92 Å². The number of aromatic amines is 1. The van der Waals surface area contributed by atoms with Crippen LogP contribution in [0.2, 0.25) is 0 Å². The molecule has 8 heteroatoms. The quantitative estimate of drug-likeness (QED) is 0.896. The number of hydrogen-bond acceptors (Lipinski definition) is 2. The van der Waals surface area contributed by atoms with Crippen LogP contribution in [-0.4, -0.2) is 41.3 Å². The third kappa shape index (κ3) is 4.02. The Labute approximate surface area is 125 Å². The zero-order chi connectivity index (χ0) is 16.3. The second-order valence-electron chi connectivity index (χ2n) is 5.48. The number of rotatable bonds is 3. The number of likely N-dealkylation sites (tertiary alicyclic amines) is 1. The van der Waals surface area contributed by atoms with Crippen molar-refractivity contribution in [2.75, 3.05) is 19.6 Å². The van der Waals surface area contributed by atoms with Crippen LogP contribution in [0.15, 0.2) is 12.3 Å². The lowest BCUT2D eigenvalue weighted by molar-refractivity contribution is -0.140. The van der Waals surface area contributed by atoms with Gasteiger partial charge in [0.05, 0.1) is 5.56 Å². The lowest BCUT2D eigenvalue weighted by atomic mass is 9.98. The van der Waals surface area contributed by atoms with E-state index < -0.39 is 17.8 Å². The smallest absolute Gasteiger partial charge is 0.357 e. The summed E-state index contributed by atoms with van der Waals surface area (Å²) in [4.78, 5) is 27.0. The molecule has 2 rings (SSSR count). The maximum absolute atomic E-state index is 12.5. The summed E-state index contributed by atoms with van der Waals surface area (Å²) in [6.07, 6.45) is -1.71. The normalized spacial score (nSPS) is 19.1. The molecular formula is C14H18F3N3O2. The molecule has 0 aromatic carbocycles. The van der Waals surface area contributed by atoms with E-state index >= 15 is 0 Å². The predicted molar refractivity (Wildman–Crippen MR) is 73.1 cm³/mol. The van der Waals surface area contributed by atoms with Crippen LogP contribution in [-0.2, 0) is 11.0 Å². The maximum atomic E-state index is 12.5. The van der Waals surface area contributed by atoms with Gasteiger partial charge in [-0.05, 0) is 24.8 Å². The molecule has 0 saturated carbocycles. The highest BCUT2D eigenvalue weighted by atomic mass is 19.4. The Hall–Kier alpha value is -1.99. The Morgan fingerprint density at radius 1 is 1.45 bits per heavy atom. The van der Waals surface area contributed by atoms with Crippen molar-refractivity contribution in [1.29, 1.82) is 0 Å². The van der Waals surface area contributed by atoms with E-state index in [9.17, 15) is 22.8 Å². The third-order valence-corrected chi connectivity index (χ3v) is 3.77. The van der Waals surface area contributed by atoms with Crippen LogP contribution in [0, 0.1) is 5.92 Å². The van der Waals surface area contributed by atoms with Crippen molar-refractivity contribution in [1.82, 2.24) is 15.2 Å². The Balaban J connectivity index is 1.87. The molecule has 1 unspecified atom stereocenters. The molecule has 0 spiro atoms. The van der Waals surface area contributed by atoms with Gasteiger partial charge in [-0.2, -0.15) is 13.2 Å². The van der Waals surface area contributed by atoms with Crippen LogP contribution in [0.4, 0.5) is 13.2 Å². The molecule has 2 N–H and O–H groups in total. The molecule has 1 aromatic rings. The first-order chi connectivity index (χ1) is 10.3. The van der Waals surface area contributed by atoms with E-state index in [1.54, 1.807) is 4.90 Å². The molecule has 1 aliphatic heterocycles. The Bertz CT molecular complexity index is 554. The first-order valence-electron chi connectivity index (χ1n) is 7.06. The summed E-state index contributed by atoms with van der Waals surface area (Å²) in [5.74, 6) is -0.425. The molecule has 0 bridgehead atoms. The monoisotopic (exact) mass is 317 g/mol. The highest BCUT2D eigenvalue weighted by molar-refractivity contribution is 5.94. The van der Waals surface area contributed by atoms with E-state index in [-0.39, 0.29) is 17.4 Å². The molecule has 1 aromatic heterocycles. The minimum atomic E-state index is -4.50. The lowest BCUT2D eigenvalue weighted by Crippen LogP contribution is -2.42. The molecule has 22 heavy (non-hydrogen) atoms. The topological polar surface area (TPSA) is 65.2 Å². The fourth-order valence-corrected chi connectivity index (χ4v) is 2.55. The maximum Gasteiger partial charge on any atom is 0.431 e. The minimum Gasteiger partial charge on any atom is -0.357 e. The molecule has 1 aliphatic rings. The van der Waals surface area contributed by atoms with Gasteiger partial charge in [-0.1, -0.05) is 0 Å². The lowest BCUT2D eigenvalue weighted by Gasteiger charge is -2.32. The second kappa shape index (κ2) is 6.41. The van der Waals surface area contributed by atoms with Gasteiger partial charge in [0.25, 0.3) is 5.91 Å². The van der Waals surface area contributed by atoms with Gasteiger partial charge in [-0.15, -0.1) is 0 Å². The van der Waals surface area contributed by atoms with Crippen LogP contribution in [0.25, 0.3) is 0 Å². The Morgan fingerprint density at radius 3 is 2.77 bits per heavy atom. The Morgan fingerprint density at radius 2 is 2.18 bits per heavy atom. The van der Waals surface area contributed by atoms with Crippen molar-refractivity contribution in [2.24, 2.45) is 5.92 Å². The van der Waals surface area contributed by atoms with Gasteiger partial charge in [0.15, 0.2) is 0 Å². The number of alkyl halides is 3. The van der Waals surface area contributed by atoms with Gasteiger partial charge >= 0.3 is 6.18 Å². The summed E-state index contributed by atoms with van der Waals surface area (Å²) in [7, 11) is 0. The van der Waals surface area contributed by atoms with Crippen LogP contribution in [0.3, 0.4) is 0 Å². The minimum absolute atomic E-state index is 0.00326. The number of piperidine rings is 1. The van der Waals surface area contributed by atoms with E-state index in [2.05, 4.69) is 5.32 Å². The summed E-state index contributed by atoms with van der Waals surface area (Å²) in [6.45, 7) is 3.12. The van der Waals surface area contributed by atoms with Crippen LogP contribution in [0.1, 0.15) is 35.8 Å². The molecule has 0 aliphatic carbocycles. The summed E-state index contributed by atoms with van der Waals surface area (Å²) < 4.78 is 37.4. The molecule has 5 nitrogen and oxygen atoms in total. The van der Waals surface area contributed by atoms with E-state index in [4.69, 9.17) is 0 Å². The first-order valence-corrected chi connectivity index (χ1v) is 7.06. The number of aromatic nitrogens is 1. The molecule has 1 saturated heterocycles. The van der Waals surface area contributed by atoms with Crippen LogP contribution in [0.5, 0.6) is 0 Å². The molecule has 1 fully saturated rings. The van der Waals surface area contributed by atoms with Crippen molar-refractivity contribution in [3.63, 3.8) is 0 Å². The summed E-state index contributed by atoms with van der Waals surface area (Å²) >= 11 is 0. The number of carbonyl (C=O) groups is 2. The fraction of sp³-hybridized carbons (Fsp3) is 0.571. The van der Waals surface area contributed by atoms with E-state index in [0.29, 0.717) is 19.6 Å². The highest BCUT2D eigenvalue weighted by Gasteiger charge is 2.33. The standard InChI is InChI=1S/C14H18F3N3O2/c1-9(21)20-4-2-3-10(8-20)6-19-13(22)11-5-12(18-7-11)14(15,16)17/h5,7,10,18H,2-4,6,8H2,1H3,(H,19,22). The van der Waals surface area contributed by atoms with Gasteiger partial charge in [0, 0.05) is 32.8 Å². The zero-order valence-electron chi connectivity index (χ0n) is 12.2. The molecule has 0 radical (unpaired) electrons. The number of nitrogens with one attached hydrogen (secondary N) is 2. The Kier molecular flexibility index (Phi) is 4.77. The van der Waals surface area contributed by atoms with Crippen molar-refractivity contribution in [3.05, 3.63) is 23.5 Å². The average Bonchev–Trinajstić information content (AvgIpc) is 2.95. The largest absolute Gasteiger partial charge is 0.431 e. The van der Waals surface area contributed by atoms with Gasteiger partial charge in [-0.3, -0.25) is 9.59 Å². The van der Waals surface area contributed by atoms with E-state index in [0.717, 1.165) is 25.1 Å². The zero-order valence-corrected chi connectivity index (χ0v) is 12.2. The van der Waals surface area contributed by atoms with Crippen molar-refractivity contribution < 1.29 is 22.8 Å². The summed E-state index contributed by atoms with van der Waals surface area (Å²) in [5.41, 5.74) is -0.996. The molecule has 1 atom stereocenters. The molecule has 122 valence electrons. The molecule has 2 amide bonds. The van der Waals surface area contributed by atoms with Crippen LogP contribution < -0.4 is 5.32 Å². The fourth-order valence-electron chi connectivity index (χ4n) is 2.55. The molecule has 2 heterocycles. The second-order valence-corrected chi connectivity index (χ2v) is 5.48. The number of halogens is 3. The number of amides is 2. The first kappa shape index (κ1) is 16.4. The third-order valence-electron chi connectivity index (χ3n) is 3.77. The molecular weight excluding hydrogens is 299 g/mol.